The Kier molecular flexibility index (Phi) is 9.98. The summed E-state index contributed by atoms with van der Waals surface area (Å²) >= 11 is 0. The number of fused-ring (bicyclic) bond motifs is 13. The third-order valence-corrected chi connectivity index (χ3v) is 17.6. The summed E-state index contributed by atoms with van der Waals surface area (Å²) in [4.78, 5) is 4.89. The van der Waals surface area contributed by atoms with Crippen LogP contribution in [0.25, 0.3) is 155 Å². The van der Waals surface area contributed by atoms with Crippen LogP contribution in [-0.2, 0) is 26.5 Å². The first-order valence-electron chi connectivity index (χ1n) is 39.6. The molecule has 0 fully saturated rings. The number of ether oxygens (including phenoxy) is 1. The maximum Gasteiger partial charge on any atom is 0.268 e. The second-order valence-corrected chi connectivity index (χ2v) is 24.1. The van der Waals surface area contributed by atoms with Crippen molar-refractivity contribution in [2.75, 3.05) is 0 Å². The predicted octanol–water partition coefficient (Wildman–Crippen LogP) is 22.0. The molecule has 1 aliphatic heterocycles. The summed E-state index contributed by atoms with van der Waals surface area (Å²) in [5.74, 6) is 1.22. The molecule has 17 aromatic rings. The first-order valence-corrected chi connectivity index (χ1v) is 30.6. The van der Waals surface area contributed by atoms with E-state index in [0.29, 0.717) is 78.6 Å². The Balaban J connectivity index is 0.00000924. The van der Waals surface area contributed by atoms with Crippen molar-refractivity contribution in [3.8, 4) is 112 Å². The van der Waals surface area contributed by atoms with Crippen LogP contribution in [0.4, 0.5) is 0 Å². The number of nitrogens with zero attached hydrogens (tertiary/aromatic N) is 5. The average molecular weight is 1420 g/mol. The minimum atomic E-state index is -0.820. The summed E-state index contributed by atoms with van der Waals surface area (Å²) in [5, 5.41) is 3.72. The first kappa shape index (κ1) is 41.2. The van der Waals surface area contributed by atoms with E-state index in [2.05, 4.69) is 60.5 Å². The van der Waals surface area contributed by atoms with E-state index >= 15 is 0 Å². The molecule has 0 atom stereocenters. The minimum absolute atomic E-state index is 0. The molecule has 0 bridgehead atoms. The van der Waals surface area contributed by atoms with E-state index in [9.17, 15) is 12.3 Å². The third-order valence-electron chi connectivity index (χ3n) is 17.6. The van der Waals surface area contributed by atoms with Gasteiger partial charge in [0.15, 0.2) is 0 Å². The first-order chi connectivity index (χ1) is 53.7. The summed E-state index contributed by atoms with van der Waals surface area (Å²) in [6, 6.07) is 53.6. The average Bonchev–Trinajstić information content (AvgIpc) is 1.54. The van der Waals surface area contributed by atoms with Crippen molar-refractivity contribution in [1.29, 1.82) is 0 Å². The second-order valence-electron chi connectivity index (χ2n) is 24.1. The summed E-state index contributed by atoms with van der Waals surface area (Å²) < 4.78 is 183. The molecule has 13 aromatic carbocycles. The van der Waals surface area contributed by atoms with Gasteiger partial charge in [0.25, 0.3) is 6.33 Å². The number of rotatable bonds is 9. The molecule has 6 nitrogen and oxygen atoms in total. The molecule has 0 N–H and O–H groups in total. The molecule has 0 aliphatic carbocycles. The van der Waals surface area contributed by atoms with Crippen LogP contribution in [0.5, 0.6) is 11.5 Å². The number of hydrogen-bond acceptors (Lipinski definition) is 2. The molecule has 0 amide bonds. The molecule has 4 aromatic heterocycles. The topological polar surface area (TPSA) is 40.8 Å². The van der Waals surface area contributed by atoms with Gasteiger partial charge in [0, 0.05) is 55.1 Å². The maximum atomic E-state index is 10.5. The van der Waals surface area contributed by atoms with Gasteiger partial charge in [-0.15, -0.1) is 29.7 Å². The molecule has 454 valence electrons. The van der Waals surface area contributed by atoms with E-state index in [4.69, 9.17) is 22.1 Å². The van der Waals surface area contributed by atoms with Crippen molar-refractivity contribution in [1.82, 2.24) is 18.7 Å². The molecular formula is C88H59N5OPt-2. The van der Waals surface area contributed by atoms with Gasteiger partial charge < -0.3 is 18.4 Å². The van der Waals surface area contributed by atoms with Crippen LogP contribution in [0.2, 0.25) is 0 Å². The van der Waals surface area contributed by atoms with Crippen LogP contribution < -0.4 is 9.30 Å². The van der Waals surface area contributed by atoms with Crippen molar-refractivity contribution in [3.63, 3.8) is 0 Å². The molecule has 95 heavy (non-hydrogen) atoms. The van der Waals surface area contributed by atoms with Gasteiger partial charge in [-0.3, -0.25) is 4.57 Å². The monoisotopic (exact) mass is 1410 g/mol. The fourth-order valence-corrected chi connectivity index (χ4v) is 13.4. The quantitative estimate of drug-likeness (QED) is 0.107. The second kappa shape index (κ2) is 23.0. The van der Waals surface area contributed by atoms with E-state index in [0.717, 1.165) is 43.7 Å². The molecule has 0 saturated heterocycles. The van der Waals surface area contributed by atoms with Gasteiger partial charge in [0.05, 0.1) is 58.1 Å². The number of aromatic nitrogens is 5. The largest absolute Gasteiger partial charge is 0.510 e. The molecule has 1 aliphatic rings. The third kappa shape index (κ3) is 9.66. The number of para-hydroxylation sites is 4. The van der Waals surface area contributed by atoms with Crippen LogP contribution >= 0.6 is 0 Å². The molecule has 0 radical (unpaired) electrons. The Morgan fingerprint density at radius 1 is 0.432 bits per heavy atom. The fraction of sp³-hybridized carbons (Fsp3) is 0.0455. The molecule has 7 heteroatoms. The smallest absolute Gasteiger partial charge is 0.268 e. The van der Waals surface area contributed by atoms with Crippen molar-refractivity contribution in [3.05, 3.63) is 327 Å². The number of benzene rings is 13. The Labute approximate surface area is 591 Å². The van der Waals surface area contributed by atoms with Gasteiger partial charge in [-0.2, -0.15) is 18.2 Å². The van der Waals surface area contributed by atoms with E-state index < -0.39 is 131 Å². The van der Waals surface area contributed by atoms with Crippen LogP contribution in [-0.4, -0.2) is 18.7 Å². The molecule has 18 rings (SSSR count). The van der Waals surface area contributed by atoms with Crippen LogP contribution in [0, 0.1) is 18.5 Å². The van der Waals surface area contributed by atoms with Crippen LogP contribution in [0.15, 0.2) is 303 Å². The number of hydrogen-bond donors (Lipinski definition) is 0. The Morgan fingerprint density at radius 3 is 1.63 bits per heavy atom. The standard InChI is InChI=1S/C88H59N5O.Pt/c1-88(2,3)64-46-47-89-84(53-64)93-80-42-20-17-36-73(80)74-45-44-67(55-82(74)93)94-66-31-21-30-65(54-66)90-56-91-86-76(39-23-43-81(86)92-78-40-18-15-34-71(78)72-35-16-19-41-79(72)92)85-68(59-28-11-6-12-29-59)37-22-38-75(85)69-32-13-14-33-70(69)77-51-63(52-83(90)87(77)91)62-49-60(57-24-7-4-8-25-57)48-61(50-62)58-26-9-5-10-27-58;/h4-53H,1-3H3;/q-2;/i4D,5D,6D,7D,8D,9D,10D,11D,12D,24D,25D,26D,27D,28D,29D,48D,49D,50D;. The van der Waals surface area contributed by atoms with Crippen LogP contribution in [0.1, 0.15) is 51.0 Å². The van der Waals surface area contributed by atoms with Crippen molar-refractivity contribution < 1.29 is 55.0 Å². The van der Waals surface area contributed by atoms with E-state index in [1.807, 2.05) is 138 Å². The zero-order valence-electron chi connectivity index (χ0n) is 68.9. The summed E-state index contributed by atoms with van der Waals surface area (Å²) in [5.41, 5.74) is 6.58. The van der Waals surface area contributed by atoms with Crippen molar-refractivity contribution >= 4 is 54.6 Å². The van der Waals surface area contributed by atoms with Crippen molar-refractivity contribution in [2.24, 2.45) is 0 Å². The zero-order valence-corrected chi connectivity index (χ0v) is 53.2. The van der Waals surface area contributed by atoms with Crippen LogP contribution in [0.3, 0.4) is 0 Å². The number of imidazole rings is 1. The summed E-state index contributed by atoms with van der Waals surface area (Å²) in [7, 11) is 0. The van der Waals surface area contributed by atoms with E-state index in [1.54, 1.807) is 53.2 Å². The molecule has 0 spiro atoms. The molecule has 5 heterocycles. The van der Waals surface area contributed by atoms with Gasteiger partial charge in [-0.25, -0.2) is 4.98 Å². The Bertz CT molecular complexity index is 6800. The maximum absolute atomic E-state index is 10.5. The fourth-order valence-electron chi connectivity index (χ4n) is 13.4. The summed E-state index contributed by atoms with van der Waals surface area (Å²) in [6.45, 7) is 6.44. The van der Waals surface area contributed by atoms with Gasteiger partial charge in [-0.05, 0) is 161 Å². The Hall–Kier alpha value is -11.4. The normalized spacial score (nSPS) is 14.5. The van der Waals surface area contributed by atoms with Gasteiger partial charge >= 0.3 is 0 Å². The van der Waals surface area contributed by atoms with Gasteiger partial charge in [-0.1, -0.05) is 232 Å². The van der Waals surface area contributed by atoms with Gasteiger partial charge in [0.1, 0.15) is 5.82 Å². The van der Waals surface area contributed by atoms with Crippen molar-refractivity contribution in [2.45, 2.75) is 26.2 Å². The minimum Gasteiger partial charge on any atom is -0.510 e. The Morgan fingerprint density at radius 2 is 0.968 bits per heavy atom. The number of pyridine rings is 1. The summed E-state index contributed by atoms with van der Waals surface area (Å²) in [6.07, 6.45) is 5.61. The zero-order chi connectivity index (χ0) is 78.3. The van der Waals surface area contributed by atoms with Gasteiger partial charge in [0.2, 0.25) is 0 Å². The molecule has 0 unspecified atom stereocenters. The SMILES string of the molecule is [2H]c1c([2H])c([2H])c(-c2cccc3c2-c2cccc(-n4c5ccccc5c5ccccc54)c2-[n+]2[c-]n(-c4[c-]c(Oc5[c-]c6c(cc5)c5ccccc5n6-c5cc(C(C)(C)C)ccn5)ccc4)c4cc(-c5c([2H])c(-c6c([2H])c([2H])c([2H])c([2H])c6[2H])c([2H])c(-c6c([2H])c([2H])c([2H])c([2H])c6[2H])c5[2H])cc(c42)-c2ccccc2-3)c([2H])c1[2H].[Pt]. The van der Waals surface area contributed by atoms with E-state index in [1.165, 1.54) is 0 Å². The molecule has 0 saturated carbocycles. The van der Waals surface area contributed by atoms with E-state index in [-0.39, 0.29) is 54.5 Å². The predicted molar refractivity (Wildman–Crippen MR) is 385 cm³/mol. The molecular weight excluding hydrogens is 1340 g/mol.